The van der Waals surface area contributed by atoms with Crippen LogP contribution in [-0.2, 0) is 4.79 Å². The number of rotatable bonds is 7. The van der Waals surface area contributed by atoms with Gasteiger partial charge in [-0.3, -0.25) is 9.69 Å². The highest BCUT2D eigenvalue weighted by Crippen LogP contribution is 2.36. The van der Waals surface area contributed by atoms with Crippen LogP contribution in [0, 0.1) is 17.1 Å². The first-order valence-electron chi connectivity index (χ1n) is 15.5. The minimum absolute atomic E-state index is 0.0780. The zero-order valence-electron chi connectivity index (χ0n) is 25.9. The van der Waals surface area contributed by atoms with Crippen molar-refractivity contribution in [3.05, 3.63) is 72.3 Å². The Balaban J connectivity index is 1.27. The molecule has 0 radical (unpaired) electrons. The van der Waals surface area contributed by atoms with E-state index in [9.17, 15) is 15.2 Å². The van der Waals surface area contributed by atoms with Crippen LogP contribution in [0.4, 0.5) is 10.2 Å². The van der Waals surface area contributed by atoms with Gasteiger partial charge in [0.05, 0.1) is 17.5 Å². The number of para-hydroxylation sites is 1. The van der Waals surface area contributed by atoms with Crippen molar-refractivity contribution in [3.63, 3.8) is 0 Å². The van der Waals surface area contributed by atoms with Crippen LogP contribution in [0.15, 0.2) is 66.5 Å². The van der Waals surface area contributed by atoms with E-state index in [1.54, 1.807) is 39.9 Å². The van der Waals surface area contributed by atoms with Gasteiger partial charge in [0.25, 0.3) is 5.91 Å². The number of anilines is 1. The largest absolute Gasteiger partial charge is 0.457 e. The van der Waals surface area contributed by atoms with Crippen molar-refractivity contribution < 1.29 is 19.0 Å². The Kier molecular flexibility index (Phi) is 8.71. The van der Waals surface area contributed by atoms with E-state index in [2.05, 4.69) is 20.9 Å². The fraction of sp³-hybridized carbons (Fsp3) is 0.382. The third kappa shape index (κ3) is 6.29. The molecule has 2 aromatic carbocycles. The summed E-state index contributed by atoms with van der Waals surface area (Å²) in [5.41, 5.74) is 6.80. The van der Waals surface area contributed by atoms with Crippen molar-refractivity contribution in [1.82, 2.24) is 29.5 Å². The van der Waals surface area contributed by atoms with E-state index in [0.717, 1.165) is 0 Å². The molecule has 2 aliphatic rings. The van der Waals surface area contributed by atoms with Gasteiger partial charge in [-0.1, -0.05) is 18.2 Å². The first-order valence-corrected chi connectivity index (χ1v) is 15.5. The number of fused-ring (bicyclic) bond motifs is 1. The van der Waals surface area contributed by atoms with Crippen LogP contribution in [-0.4, -0.2) is 78.4 Å². The predicted octanol–water partition coefficient (Wildman–Crippen LogP) is 4.86. The first-order chi connectivity index (χ1) is 22.1. The van der Waals surface area contributed by atoms with Crippen LogP contribution in [0.3, 0.4) is 0 Å². The maximum atomic E-state index is 15.6. The summed E-state index contributed by atoms with van der Waals surface area (Å²) in [6.07, 6.45) is 5.45. The lowest BCUT2D eigenvalue weighted by Gasteiger charge is -2.40. The standard InChI is InChI=1S/C34H37FN8O3/c1-34(2,42-15-12-24(44)13-16-42)18-22(19-36)33(45)41-14-6-7-23(20-41)43-32-29(31(37)38-21-39-32)30(40-43)27-11-10-26(17-28(27)35)46-25-8-4-3-5-9-25/h3-5,8-11,17-18,21,23-24,44H,6-7,12-16,20H2,1-2H3,(H2,37,38,39)/b22-18-. The summed E-state index contributed by atoms with van der Waals surface area (Å²) in [6.45, 7) is 6.12. The lowest BCUT2D eigenvalue weighted by atomic mass is 9.94. The zero-order valence-corrected chi connectivity index (χ0v) is 25.9. The van der Waals surface area contributed by atoms with Gasteiger partial charge < -0.3 is 20.5 Å². The third-order valence-corrected chi connectivity index (χ3v) is 8.85. The van der Waals surface area contributed by atoms with Gasteiger partial charge in [-0.25, -0.2) is 19.0 Å². The summed E-state index contributed by atoms with van der Waals surface area (Å²) >= 11 is 0. The number of nitrogens with zero attached hydrogens (tertiary/aromatic N) is 7. The highest BCUT2D eigenvalue weighted by atomic mass is 19.1. The second kappa shape index (κ2) is 12.9. The molecular weight excluding hydrogens is 587 g/mol. The number of aromatic nitrogens is 4. The van der Waals surface area contributed by atoms with Crippen molar-refractivity contribution in [1.29, 1.82) is 5.26 Å². The predicted molar refractivity (Wildman–Crippen MR) is 171 cm³/mol. The Bertz CT molecular complexity index is 1810. The second-order valence-electron chi connectivity index (χ2n) is 12.4. The van der Waals surface area contributed by atoms with Gasteiger partial charge in [-0.2, -0.15) is 10.4 Å². The second-order valence-corrected chi connectivity index (χ2v) is 12.4. The summed E-state index contributed by atoms with van der Waals surface area (Å²) in [5.74, 6) is 0.203. The van der Waals surface area contributed by atoms with Crippen LogP contribution in [0.2, 0.25) is 0 Å². The van der Waals surface area contributed by atoms with E-state index in [1.165, 1.54) is 12.4 Å². The lowest BCUT2D eigenvalue weighted by Crippen LogP contribution is -2.48. The molecule has 0 saturated carbocycles. The number of carbonyl (C=O) groups is 1. The van der Waals surface area contributed by atoms with Gasteiger partial charge in [-0.05, 0) is 69.9 Å². The van der Waals surface area contributed by atoms with Gasteiger partial charge in [-0.15, -0.1) is 0 Å². The number of nitrogen functional groups attached to an aromatic ring is 1. The molecule has 11 nitrogen and oxygen atoms in total. The molecule has 4 heterocycles. The highest BCUT2D eigenvalue weighted by molar-refractivity contribution is 5.99. The number of hydrogen-bond donors (Lipinski definition) is 2. The molecule has 6 rings (SSSR count). The summed E-state index contributed by atoms with van der Waals surface area (Å²) in [6, 6.07) is 15.5. The minimum Gasteiger partial charge on any atom is -0.457 e. The topological polar surface area (TPSA) is 146 Å². The number of nitrogens with two attached hydrogens (primary N) is 1. The van der Waals surface area contributed by atoms with Crippen molar-refractivity contribution in [2.75, 3.05) is 31.9 Å². The van der Waals surface area contributed by atoms with Crippen molar-refractivity contribution in [2.24, 2.45) is 0 Å². The fourth-order valence-corrected chi connectivity index (χ4v) is 6.35. The number of aliphatic hydroxyl groups excluding tert-OH is 1. The van der Waals surface area contributed by atoms with E-state index < -0.39 is 11.4 Å². The monoisotopic (exact) mass is 624 g/mol. The number of benzene rings is 2. The molecule has 4 aromatic rings. The van der Waals surface area contributed by atoms with Gasteiger partial charge >= 0.3 is 0 Å². The first kappa shape index (κ1) is 31.1. The molecule has 2 saturated heterocycles. The average Bonchev–Trinajstić information content (AvgIpc) is 3.45. The number of amides is 1. The number of nitriles is 1. The lowest BCUT2D eigenvalue weighted by molar-refractivity contribution is -0.128. The number of aliphatic hydroxyl groups is 1. The Labute approximate surface area is 266 Å². The maximum absolute atomic E-state index is 15.6. The van der Waals surface area contributed by atoms with Crippen LogP contribution >= 0.6 is 0 Å². The van der Waals surface area contributed by atoms with E-state index in [4.69, 9.17) is 15.6 Å². The number of ether oxygens (including phenoxy) is 1. The van der Waals surface area contributed by atoms with E-state index in [-0.39, 0.29) is 35.0 Å². The molecule has 1 unspecified atom stereocenters. The number of hydrogen-bond acceptors (Lipinski definition) is 9. The van der Waals surface area contributed by atoms with Crippen molar-refractivity contribution in [3.8, 4) is 28.8 Å². The van der Waals surface area contributed by atoms with E-state index in [0.29, 0.717) is 80.1 Å². The third-order valence-electron chi connectivity index (χ3n) is 8.85. The summed E-state index contributed by atoms with van der Waals surface area (Å²) in [4.78, 5) is 26.2. The molecule has 0 bridgehead atoms. The molecule has 3 N–H and O–H groups in total. The molecule has 2 aliphatic heterocycles. The summed E-state index contributed by atoms with van der Waals surface area (Å²) < 4.78 is 23.1. The zero-order chi connectivity index (χ0) is 32.4. The number of carbonyl (C=O) groups excluding carboxylic acids is 1. The summed E-state index contributed by atoms with van der Waals surface area (Å²) in [7, 11) is 0. The SMILES string of the molecule is CC(C)(/C=C(/C#N)C(=O)N1CCCC(n2nc(-c3ccc(Oc4ccccc4)cc3F)c3c(N)ncnc32)C1)N1CCC(O)CC1. The Morgan fingerprint density at radius 3 is 2.59 bits per heavy atom. The number of likely N-dealkylation sites (tertiary alicyclic amines) is 2. The Hall–Kier alpha value is -4.86. The van der Waals surface area contributed by atoms with Crippen LogP contribution in [0.25, 0.3) is 22.3 Å². The van der Waals surface area contributed by atoms with Gasteiger partial charge in [0.1, 0.15) is 46.8 Å². The molecule has 0 aliphatic carbocycles. The normalized spacial score (nSPS) is 18.5. The minimum atomic E-state index is -0.543. The molecule has 238 valence electrons. The van der Waals surface area contributed by atoms with Gasteiger partial charge in [0.15, 0.2) is 5.65 Å². The Morgan fingerprint density at radius 2 is 1.87 bits per heavy atom. The average molecular weight is 625 g/mol. The summed E-state index contributed by atoms with van der Waals surface area (Å²) in [5, 5.41) is 25.2. The van der Waals surface area contributed by atoms with Crippen LogP contribution < -0.4 is 10.5 Å². The van der Waals surface area contributed by atoms with E-state index in [1.807, 2.05) is 32.0 Å². The maximum Gasteiger partial charge on any atom is 0.264 e. The van der Waals surface area contributed by atoms with Crippen LogP contribution in [0.1, 0.15) is 45.6 Å². The smallest absolute Gasteiger partial charge is 0.264 e. The molecule has 0 spiro atoms. The number of piperidine rings is 2. The molecule has 12 heteroatoms. The van der Waals surface area contributed by atoms with Crippen LogP contribution in [0.5, 0.6) is 11.5 Å². The van der Waals surface area contributed by atoms with Crippen molar-refractivity contribution >= 4 is 22.8 Å². The van der Waals surface area contributed by atoms with Crippen molar-refractivity contribution in [2.45, 2.75) is 57.2 Å². The quantitative estimate of drug-likeness (QED) is 0.217. The molecule has 2 aromatic heterocycles. The molecular formula is C34H37FN8O3. The Morgan fingerprint density at radius 1 is 1.11 bits per heavy atom. The highest BCUT2D eigenvalue weighted by Gasteiger charge is 2.33. The molecule has 1 amide bonds. The molecule has 1 atom stereocenters. The van der Waals surface area contributed by atoms with Gasteiger partial charge in [0.2, 0.25) is 0 Å². The number of halogens is 1. The fourth-order valence-electron chi connectivity index (χ4n) is 6.35. The van der Waals surface area contributed by atoms with Gasteiger partial charge in [0, 0.05) is 43.3 Å². The molecule has 46 heavy (non-hydrogen) atoms. The molecule has 2 fully saturated rings. The van der Waals surface area contributed by atoms with E-state index >= 15 is 4.39 Å².